The van der Waals surface area contributed by atoms with Gasteiger partial charge in [-0.3, -0.25) is 19.3 Å². The van der Waals surface area contributed by atoms with Gasteiger partial charge in [-0.15, -0.1) is 5.10 Å². The van der Waals surface area contributed by atoms with Gasteiger partial charge in [-0.1, -0.05) is 23.4 Å². The zero-order valence-corrected chi connectivity index (χ0v) is 17.4. The third kappa shape index (κ3) is 3.83. The summed E-state index contributed by atoms with van der Waals surface area (Å²) >= 11 is 7.20. The van der Waals surface area contributed by atoms with E-state index in [1.807, 2.05) is 0 Å². The monoisotopic (exact) mass is 418 g/mol. The highest BCUT2D eigenvalue weighted by Gasteiger charge is 2.37. The van der Waals surface area contributed by atoms with Crippen molar-refractivity contribution in [3.05, 3.63) is 52.3 Å². The minimum absolute atomic E-state index is 0.0648. The Bertz CT molecular complexity index is 984. The Morgan fingerprint density at radius 1 is 1.18 bits per heavy atom. The van der Waals surface area contributed by atoms with Crippen LogP contribution in [0.3, 0.4) is 0 Å². The fraction of sp³-hybridized carbons (Fsp3) is 0.263. The average Bonchev–Trinajstić information content (AvgIpc) is 3.20. The number of ketones is 1. The molecule has 2 aromatic rings. The van der Waals surface area contributed by atoms with E-state index in [2.05, 4.69) is 10.1 Å². The summed E-state index contributed by atoms with van der Waals surface area (Å²) in [6.45, 7) is 6.12. The van der Waals surface area contributed by atoms with Crippen molar-refractivity contribution in [2.24, 2.45) is 5.10 Å². The van der Waals surface area contributed by atoms with Gasteiger partial charge >= 0.3 is 0 Å². The molecule has 0 aliphatic carbocycles. The van der Waals surface area contributed by atoms with Crippen molar-refractivity contribution >= 4 is 51.8 Å². The molecule has 9 heteroatoms. The normalized spacial score (nSPS) is 16.1. The number of halogens is 1. The first-order valence-electron chi connectivity index (χ1n) is 8.50. The number of hydrazone groups is 1. The number of carbonyl (C=O) groups excluding carboxylic acids is 3. The SMILES string of the molecule is CC(=O)c1cc(C2SC(N(C(C)=O)c3ccc(Cl)cc3)=NN2C(C)=O)[nH]c1C. The van der Waals surface area contributed by atoms with Gasteiger partial charge in [-0.2, -0.15) is 0 Å². The molecule has 2 heterocycles. The summed E-state index contributed by atoms with van der Waals surface area (Å²) in [7, 11) is 0. The van der Waals surface area contributed by atoms with E-state index in [1.165, 1.54) is 42.4 Å². The summed E-state index contributed by atoms with van der Waals surface area (Å²) in [4.78, 5) is 40.9. The van der Waals surface area contributed by atoms with Crippen LogP contribution >= 0.6 is 23.4 Å². The molecule has 1 aromatic carbocycles. The van der Waals surface area contributed by atoms with Crippen molar-refractivity contribution in [2.75, 3.05) is 4.90 Å². The first kappa shape index (κ1) is 20.2. The second kappa shape index (κ2) is 7.81. The quantitative estimate of drug-likeness (QED) is 0.760. The van der Waals surface area contributed by atoms with E-state index in [-0.39, 0.29) is 17.6 Å². The Balaban J connectivity index is 1.99. The van der Waals surface area contributed by atoms with Gasteiger partial charge in [0.15, 0.2) is 11.0 Å². The maximum Gasteiger partial charge on any atom is 0.241 e. The summed E-state index contributed by atoms with van der Waals surface area (Å²) < 4.78 is 0. The smallest absolute Gasteiger partial charge is 0.241 e. The number of aromatic nitrogens is 1. The van der Waals surface area contributed by atoms with E-state index in [0.29, 0.717) is 27.1 Å². The molecule has 0 radical (unpaired) electrons. The molecule has 0 bridgehead atoms. The molecule has 2 amide bonds. The Labute approximate surface area is 171 Å². The van der Waals surface area contributed by atoms with E-state index < -0.39 is 5.37 Å². The zero-order chi connectivity index (χ0) is 20.6. The number of anilines is 1. The second-order valence-electron chi connectivity index (χ2n) is 6.37. The standard InChI is InChI=1S/C19H19ClN4O3S/c1-10-16(11(2)25)9-17(21-10)18-24(13(4)27)22-19(28-18)23(12(3)26)15-7-5-14(20)6-8-15/h5-9,18,21H,1-4H3. The molecule has 1 aliphatic heterocycles. The molecule has 1 unspecified atom stereocenters. The van der Waals surface area contributed by atoms with Crippen LogP contribution in [-0.2, 0) is 9.59 Å². The van der Waals surface area contributed by atoms with Crippen LogP contribution in [-0.4, -0.2) is 32.8 Å². The number of hydrogen-bond acceptors (Lipinski definition) is 5. The number of Topliss-reactive ketones (excluding diaryl/α,β-unsaturated/α-hetero) is 1. The zero-order valence-electron chi connectivity index (χ0n) is 15.8. The van der Waals surface area contributed by atoms with Crippen molar-refractivity contribution in [3.8, 4) is 0 Å². The van der Waals surface area contributed by atoms with Gasteiger partial charge in [-0.05, 0) is 44.2 Å². The lowest BCUT2D eigenvalue weighted by Gasteiger charge is -2.20. The summed E-state index contributed by atoms with van der Waals surface area (Å²) in [6.07, 6.45) is 0. The van der Waals surface area contributed by atoms with E-state index in [9.17, 15) is 14.4 Å². The number of nitrogens with one attached hydrogen (secondary N) is 1. The molecule has 1 atom stereocenters. The number of amides is 2. The minimum Gasteiger partial charge on any atom is -0.359 e. The molecule has 1 aromatic heterocycles. The second-order valence-corrected chi connectivity index (χ2v) is 7.85. The molecule has 0 saturated heterocycles. The lowest BCUT2D eigenvalue weighted by atomic mass is 10.2. The van der Waals surface area contributed by atoms with Gasteiger partial charge in [0.05, 0.1) is 11.4 Å². The van der Waals surface area contributed by atoms with Crippen LogP contribution in [0.2, 0.25) is 5.02 Å². The summed E-state index contributed by atoms with van der Waals surface area (Å²) in [5.74, 6) is -0.585. The number of rotatable bonds is 3. The molecule has 3 rings (SSSR count). The van der Waals surface area contributed by atoms with Crippen molar-refractivity contribution in [3.63, 3.8) is 0 Å². The van der Waals surface area contributed by atoms with Crippen LogP contribution in [0.4, 0.5) is 5.69 Å². The fourth-order valence-corrected chi connectivity index (χ4v) is 4.30. The van der Waals surface area contributed by atoms with E-state index >= 15 is 0 Å². The number of aryl methyl sites for hydroxylation is 1. The van der Waals surface area contributed by atoms with Gasteiger partial charge in [0.2, 0.25) is 11.8 Å². The number of benzene rings is 1. The number of nitrogens with zero attached hydrogens (tertiary/aromatic N) is 3. The van der Waals surface area contributed by atoms with Gasteiger partial charge < -0.3 is 4.98 Å². The van der Waals surface area contributed by atoms with Crippen LogP contribution in [0.15, 0.2) is 35.4 Å². The lowest BCUT2D eigenvalue weighted by Crippen LogP contribution is -2.32. The minimum atomic E-state index is -0.506. The Morgan fingerprint density at radius 2 is 1.82 bits per heavy atom. The number of aromatic amines is 1. The molecule has 0 saturated carbocycles. The highest BCUT2D eigenvalue weighted by atomic mass is 35.5. The maximum absolute atomic E-state index is 12.3. The molecular formula is C19H19ClN4O3S. The van der Waals surface area contributed by atoms with Crippen molar-refractivity contribution in [1.82, 2.24) is 9.99 Å². The van der Waals surface area contributed by atoms with Crippen LogP contribution in [0.5, 0.6) is 0 Å². The van der Waals surface area contributed by atoms with Crippen molar-refractivity contribution < 1.29 is 14.4 Å². The third-order valence-corrected chi connectivity index (χ3v) is 5.63. The van der Waals surface area contributed by atoms with Gasteiger partial charge in [-0.25, -0.2) is 5.01 Å². The van der Waals surface area contributed by atoms with Gasteiger partial charge in [0.25, 0.3) is 0 Å². The largest absolute Gasteiger partial charge is 0.359 e. The Hall–Kier alpha value is -2.58. The van der Waals surface area contributed by atoms with Crippen molar-refractivity contribution in [1.29, 1.82) is 0 Å². The number of H-pyrrole nitrogens is 1. The molecule has 1 aliphatic rings. The summed E-state index contributed by atoms with van der Waals surface area (Å²) in [5, 5.41) is 6.10. The van der Waals surface area contributed by atoms with Crippen LogP contribution in [0, 0.1) is 6.92 Å². The average molecular weight is 419 g/mol. The number of carbonyl (C=O) groups is 3. The highest BCUT2D eigenvalue weighted by molar-refractivity contribution is 8.14. The van der Waals surface area contributed by atoms with Gasteiger partial charge in [0.1, 0.15) is 5.37 Å². The Morgan fingerprint density at radius 3 is 2.32 bits per heavy atom. The summed E-state index contributed by atoms with van der Waals surface area (Å²) in [5.41, 5.74) is 2.55. The first-order chi connectivity index (χ1) is 13.2. The summed E-state index contributed by atoms with van der Waals surface area (Å²) in [6, 6.07) is 8.52. The van der Waals surface area contributed by atoms with Gasteiger partial charge in [0, 0.05) is 30.1 Å². The van der Waals surface area contributed by atoms with E-state index in [4.69, 9.17) is 11.6 Å². The molecule has 146 valence electrons. The van der Waals surface area contributed by atoms with Crippen LogP contribution < -0.4 is 4.90 Å². The Kier molecular flexibility index (Phi) is 5.62. The third-order valence-electron chi connectivity index (χ3n) is 4.23. The van der Waals surface area contributed by atoms with Crippen molar-refractivity contribution in [2.45, 2.75) is 33.1 Å². The fourth-order valence-electron chi connectivity index (χ4n) is 2.95. The topological polar surface area (TPSA) is 85.8 Å². The lowest BCUT2D eigenvalue weighted by molar-refractivity contribution is -0.129. The van der Waals surface area contributed by atoms with Crippen LogP contribution in [0.1, 0.15) is 47.9 Å². The number of thioether (sulfide) groups is 1. The number of amidine groups is 1. The van der Waals surface area contributed by atoms with E-state index in [0.717, 1.165) is 5.69 Å². The molecular weight excluding hydrogens is 400 g/mol. The maximum atomic E-state index is 12.3. The highest BCUT2D eigenvalue weighted by Crippen LogP contribution is 2.41. The molecule has 0 fully saturated rings. The molecule has 1 N–H and O–H groups in total. The van der Waals surface area contributed by atoms with Crippen LogP contribution in [0.25, 0.3) is 0 Å². The van der Waals surface area contributed by atoms with E-state index in [1.54, 1.807) is 37.3 Å². The number of hydrogen-bond donors (Lipinski definition) is 1. The molecule has 0 spiro atoms. The predicted molar refractivity (Wildman–Crippen MR) is 110 cm³/mol. The first-order valence-corrected chi connectivity index (χ1v) is 9.76. The molecule has 28 heavy (non-hydrogen) atoms. The molecule has 7 nitrogen and oxygen atoms in total. The predicted octanol–water partition coefficient (Wildman–Crippen LogP) is 4.10.